The maximum absolute atomic E-state index is 13.0. The Morgan fingerprint density at radius 3 is 2.55 bits per heavy atom. The van der Waals surface area contributed by atoms with Crippen LogP contribution in [0, 0.1) is 5.41 Å². The van der Waals surface area contributed by atoms with Gasteiger partial charge < -0.3 is 9.47 Å². The zero-order valence-corrected chi connectivity index (χ0v) is 17.9. The molecule has 2 fully saturated rings. The van der Waals surface area contributed by atoms with Crippen LogP contribution >= 0.6 is 0 Å². The van der Waals surface area contributed by atoms with E-state index in [1.165, 1.54) is 12.7 Å². The molecule has 6 nitrogen and oxygen atoms in total. The van der Waals surface area contributed by atoms with E-state index in [2.05, 4.69) is 23.6 Å². The van der Waals surface area contributed by atoms with Crippen LogP contribution in [0.5, 0.6) is 0 Å². The minimum atomic E-state index is -0.675. The molecule has 0 radical (unpaired) electrons. The lowest BCUT2D eigenvalue weighted by Crippen LogP contribution is -2.50. The van der Waals surface area contributed by atoms with Gasteiger partial charge in [-0.15, -0.1) is 6.58 Å². The normalized spacial score (nSPS) is 26.8. The van der Waals surface area contributed by atoms with E-state index in [4.69, 9.17) is 9.47 Å². The van der Waals surface area contributed by atoms with E-state index in [1.807, 2.05) is 45.0 Å². The zero-order valence-electron chi connectivity index (χ0n) is 17.9. The van der Waals surface area contributed by atoms with Gasteiger partial charge in [-0.3, -0.25) is 9.80 Å². The van der Waals surface area contributed by atoms with Crippen molar-refractivity contribution in [3.8, 4) is 0 Å². The number of benzene rings is 1. The molecule has 0 saturated carbocycles. The SMILES string of the molecule is C=CC[C@]12CCN(Cc3ccccc3)[C@H]1CN(C(=O)OC(C)(C)C)[C@@H]2C(=O)OC. The zero-order chi connectivity index (χ0) is 21.2. The summed E-state index contributed by atoms with van der Waals surface area (Å²) in [4.78, 5) is 29.8. The van der Waals surface area contributed by atoms with Crippen LogP contribution in [0.4, 0.5) is 4.79 Å². The predicted octanol–water partition coefficient (Wildman–Crippen LogP) is 3.62. The average Bonchev–Trinajstić information content (AvgIpc) is 3.15. The number of amides is 1. The lowest BCUT2D eigenvalue weighted by Gasteiger charge is -2.35. The van der Waals surface area contributed by atoms with E-state index in [1.54, 1.807) is 4.90 Å². The molecule has 1 amide bonds. The summed E-state index contributed by atoms with van der Waals surface area (Å²) >= 11 is 0. The number of allylic oxidation sites excluding steroid dienone is 1. The summed E-state index contributed by atoms with van der Waals surface area (Å²) in [5.74, 6) is -0.387. The highest BCUT2D eigenvalue weighted by Crippen LogP contribution is 2.51. The smallest absolute Gasteiger partial charge is 0.411 e. The molecule has 3 atom stereocenters. The first kappa shape index (κ1) is 21.4. The Bertz CT molecular complexity index is 758. The molecule has 158 valence electrons. The van der Waals surface area contributed by atoms with Crippen molar-refractivity contribution in [2.75, 3.05) is 20.2 Å². The van der Waals surface area contributed by atoms with E-state index in [9.17, 15) is 9.59 Å². The number of carbonyl (C=O) groups is 2. The summed E-state index contributed by atoms with van der Waals surface area (Å²) < 4.78 is 10.8. The topological polar surface area (TPSA) is 59.1 Å². The van der Waals surface area contributed by atoms with Gasteiger partial charge in [0.05, 0.1) is 7.11 Å². The van der Waals surface area contributed by atoms with E-state index in [-0.39, 0.29) is 12.0 Å². The van der Waals surface area contributed by atoms with Crippen molar-refractivity contribution >= 4 is 12.1 Å². The molecule has 6 heteroatoms. The largest absolute Gasteiger partial charge is 0.467 e. The molecular formula is C23H32N2O4. The number of fused-ring (bicyclic) bond motifs is 1. The lowest BCUT2D eigenvalue weighted by atomic mass is 9.74. The molecule has 29 heavy (non-hydrogen) atoms. The van der Waals surface area contributed by atoms with Gasteiger partial charge in [0.15, 0.2) is 0 Å². The summed E-state index contributed by atoms with van der Waals surface area (Å²) in [6, 6.07) is 9.63. The fourth-order valence-electron chi connectivity index (χ4n) is 4.86. The van der Waals surface area contributed by atoms with Gasteiger partial charge in [0.2, 0.25) is 0 Å². The lowest BCUT2D eigenvalue weighted by molar-refractivity contribution is -0.149. The van der Waals surface area contributed by atoms with E-state index in [0.29, 0.717) is 13.0 Å². The van der Waals surface area contributed by atoms with Crippen molar-refractivity contribution in [1.29, 1.82) is 0 Å². The molecule has 2 saturated heterocycles. The maximum atomic E-state index is 13.0. The molecule has 0 aliphatic carbocycles. The van der Waals surface area contributed by atoms with Gasteiger partial charge in [0.1, 0.15) is 11.6 Å². The number of esters is 1. The van der Waals surface area contributed by atoms with E-state index in [0.717, 1.165) is 19.5 Å². The number of carbonyl (C=O) groups excluding carboxylic acids is 2. The van der Waals surface area contributed by atoms with E-state index >= 15 is 0 Å². The molecule has 0 unspecified atom stereocenters. The molecule has 3 rings (SSSR count). The first-order chi connectivity index (χ1) is 13.7. The molecule has 0 N–H and O–H groups in total. The summed E-state index contributed by atoms with van der Waals surface area (Å²) in [6.07, 6.45) is 2.83. The Balaban J connectivity index is 1.94. The Morgan fingerprint density at radius 1 is 1.28 bits per heavy atom. The van der Waals surface area contributed by atoms with E-state index < -0.39 is 23.2 Å². The van der Waals surface area contributed by atoms with Crippen molar-refractivity contribution in [3.63, 3.8) is 0 Å². The summed E-state index contributed by atoms with van der Waals surface area (Å²) in [5.41, 5.74) is 0.165. The van der Waals surface area contributed by atoms with Crippen LogP contribution in [0.25, 0.3) is 0 Å². The van der Waals surface area contributed by atoms with Crippen molar-refractivity contribution in [3.05, 3.63) is 48.6 Å². The molecule has 2 heterocycles. The monoisotopic (exact) mass is 400 g/mol. The van der Waals surface area contributed by atoms with Gasteiger partial charge in [-0.05, 0) is 45.7 Å². The van der Waals surface area contributed by atoms with Crippen LogP contribution in [-0.4, -0.2) is 59.7 Å². The minimum Gasteiger partial charge on any atom is -0.467 e. The molecule has 0 bridgehead atoms. The highest BCUT2D eigenvalue weighted by Gasteiger charge is 2.63. The standard InChI is InChI=1S/C23H32N2O4/c1-6-12-23-13-14-24(15-17-10-8-7-9-11-17)18(23)16-25(19(23)20(26)28-5)21(27)29-22(2,3)4/h6-11,18-19H,1,12-16H2,2-5H3/t18-,19+,23-/m0/s1. The van der Waals surface area contributed by atoms with Crippen LogP contribution in [0.3, 0.4) is 0 Å². The van der Waals surface area contributed by atoms with Gasteiger partial charge in [0.25, 0.3) is 0 Å². The van der Waals surface area contributed by atoms with Crippen molar-refractivity contribution in [1.82, 2.24) is 9.80 Å². The molecule has 2 aliphatic heterocycles. The molecule has 0 aromatic heterocycles. The summed E-state index contributed by atoms with van der Waals surface area (Å²) in [5, 5.41) is 0. The Labute approximate surface area is 173 Å². The number of rotatable bonds is 5. The van der Waals surface area contributed by atoms with Crippen LogP contribution in [0.15, 0.2) is 43.0 Å². The quantitative estimate of drug-likeness (QED) is 0.558. The summed E-state index contributed by atoms with van der Waals surface area (Å²) in [6.45, 7) is 11.5. The van der Waals surface area contributed by atoms with Gasteiger partial charge in [0, 0.05) is 24.5 Å². The number of nitrogens with zero attached hydrogens (tertiary/aromatic N) is 2. The first-order valence-corrected chi connectivity index (χ1v) is 10.2. The molecule has 0 spiro atoms. The van der Waals surface area contributed by atoms with Crippen LogP contribution in [-0.2, 0) is 20.8 Å². The maximum Gasteiger partial charge on any atom is 0.411 e. The Morgan fingerprint density at radius 2 is 1.97 bits per heavy atom. The van der Waals surface area contributed by atoms with Gasteiger partial charge in [-0.25, -0.2) is 9.59 Å². The second kappa shape index (κ2) is 8.19. The van der Waals surface area contributed by atoms with Crippen molar-refractivity contribution in [2.45, 2.75) is 57.8 Å². The van der Waals surface area contributed by atoms with Crippen molar-refractivity contribution < 1.29 is 19.1 Å². The predicted molar refractivity (Wildman–Crippen MR) is 111 cm³/mol. The van der Waals surface area contributed by atoms with Crippen LogP contribution in [0.1, 0.15) is 39.2 Å². The number of likely N-dealkylation sites (tertiary alicyclic amines) is 2. The number of hydrogen-bond acceptors (Lipinski definition) is 5. The molecule has 1 aromatic carbocycles. The molecular weight excluding hydrogens is 368 g/mol. The second-order valence-electron chi connectivity index (χ2n) is 9.01. The van der Waals surface area contributed by atoms with Gasteiger partial charge >= 0.3 is 12.1 Å². The summed E-state index contributed by atoms with van der Waals surface area (Å²) in [7, 11) is 1.38. The molecule has 1 aromatic rings. The second-order valence-corrected chi connectivity index (χ2v) is 9.01. The van der Waals surface area contributed by atoms with Gasteiger partial charge in [-0.1, -0.05) is 36.4 Å². The third kappa shape index (κ3) is 4.17. The third-order valence-electron chi connectivity index (χ3n) is 6.00. The van der Waals surface area contributed by atoms with Crippen LogP contribution < -0.4 is 0 Å². The number of hydrogen-bond donors (Lipinski definition) is 0. The highest BCUT2D eigenvalue weighted by molar-refractivity contribution is 5.84. The fourth-order valence-corrected chi connectivity index (χ4v) is 4.86. The van der Waals surface area contributed by atoms with Gasteiger partial charge in [-0.2, -0.15) is 0 Å². The highest BCUT2D eigenvalue weighted by atomic mass is 16.6. The number of ether oxygens (including phenoxy) is 2. The fraction of sp³-hybridized carbons (Fsp3) is 0.565. The minimum absolute atomic E-state index is 0.0392. The number of methoxy groups -OCH3 is 1. The Kier molecular flexibility index (Phi) is 6.03. The first-order valence-electron chi connectivity index (χ1n) is 10.2. The third-order valence-corrected chi connectivity index (χ3v) is 6.00. The Hall–Kier alpha value is -2.34. The molecule has 2 aliphatic rings. The van der Waals surface area contributed by atoms with Crippen LogP contribution in [0.2, 0.25) is 0 Å². The average molecular weight is 401 g/mol. The van der Waals surface area contributed by atoms with Crippen molar-refractivity contribution in [2.24, 2.45) is 5.41 Å².